The number of amides is 1. The van der Waals surface area contributed by atoms with Crippen LogP contribution in [0, 0.1) is 0 Å². The van der Waals surface area contributed by atoms with E-state index in [1.54, 1.807) is 0 Å². The SMILES string of the molecule is NC(=O)[C@H](Nc1ncnc2sccc12)c1ccccc1. The smallest absolute Gasteiger partial charge is 0.244 e. The number of carbonyl (C=O) groups is 1. The van der Waals surface area contributed by atoms with Crippen LogP contribution in [-0.2, 0) is 4.79 Å². The minimum atomic E-state index is -0.616. The molecule has 2 heterocycles. The molecular weight excluding hydrogens is 272 g/mol. The zero-order chi connectivity index (χ0) is 13.9. The third-order valence-electron chi connectivity index (χ3n) is 2.96. The lowest BCUT2D eigenvalue weighted by Crippen LogP contribution is -2.28. The van der Waals surface area contributed by atoms with Crippen molar-refractivity contribution < 1.29 is 4.79 Å². The summed E-state index contributed by atoms with van der Waals surface area (Å²) >= 11 is 1.53. The molecule has 0 aliphatic carbocycles. The van der Waals surface area contributed by atoms with E-state index in [0.717, 1.165) is 15.8 Å². The molecule has 20 heavy (non-hydrogen) atoms. The van der Waals surface area contributed by atoms with Crippen LogP contribution in [0.1, 0.15) is 11.6 Å². The van der Waals surface area contributed by atoms with Gasteiger partial charge >= 0.3 is 0 Å². The van der Waals surface area contributed by atoms with Crippen molar-refractivity contribution in [1.29, 1.82) is 0 Å². The van der Waals surface area contributed by atoms with Crippen molar-refractivity contribution in [3.8, 4) is 0 Å². The Morgan fingerprint density at radius 1 is 1.20 bits per heavy atom. The average Bonchev–Trinajstić information content (AvgIpc) is 2.94. The van der Waals surface area contributed by atoms with Crippen LogP contribution in [0.5, 0.6) is 0 Å². The van der Waals surface area contributed by atoms with Crippen LogP contribution < -0.4 is 11.1 Å². The highest BCUT2D eigenvalue weighted by Crippen LogP contribution is 2.26. The maximum Gasteiger partial charge on any atom is 0.244 e. The predicted octanol–water partition coefficient (Wildman–Crippen LogP) is 2.33. The Bertz CT molecular complexity index is 741. The van der Waals surface area contributed by atoms with E-state index in [9.17, 15) is 4.79 Å². The second-order valence-electron chi connectivity index (χ2n) is 4.25. The first kappa shape index (κ1) is 12.6. The highest BCUT2D eigenvalue weighted by Gasteiger charge is 2.19. The number of hydrogen-bond acceptors (Lipinski definition) is 5. The quantitative estimate of drug-likeness (QED) is 0.770. The van der Waals surface area contributed by atoms with Gasteiger partial charge in [0.2, 0.25) is 5.91 Å². The minimum Gasteiger partial charge on any atom is -0.368 e. The lowest BCUT2D eigenvalue weighted by atomic mass is 10.1. The van der Waals surface area contributed by atoms with Crippen LogP contribution >= 0.6 is 11.3 Å². The minimum absolute atomic E-state index is 0.446. The number of rotatable bonds is 4. The van der Waals surface area contributed by atoms with E-state index >= 15 is 0 Å². The van der Waals surface area contributed by atoms with E-state index in [4.69, 9.17) is 5.73 Å². The molecule has 0 saturated carbocycles. The van der Waals surface area contributed by atoms with Gasteiger partial charge in [0.1, 0.15) is 23.0 Å². The zero-order valence-electron chi connectivity index (χ0n) is 10.5. The van der Waals surface area contributed by atoms with Gasteiger partial charge in [-0.25, -0.2) is 9.97 Å². The van der Waals surface area contributed by atoms with Gasteiger partial charge in [0.15, 0.2) is 0 Å². The number of nitrogens with zero attached hydrogens (tertiary/aromatic N) is 2. The first-order chi connectivity index (χ1) is 9.75. The lowest BCUT2D eigenvalue weighted by Gasteiger charge is -2.16. The summed E-state index contributed by atoms with van der Waals surface area (Å²) in [6.45, 7) is 0. The number of thiophene rings is 1. The van der Waals surface area contributed by atoms with Gasteiger partial charge in [0, 0.05) is 0 Å². The highest BCUT2D eigenvalue weighted by atomic mass is 32.1. The summed E-state index contributed by atoms with van der Waals surface area (Å²) in [5, 5.41) is 5.93. The normalized spacial score (nSPS) is 12.2. The van der Waals surface area contributed by atoms with Crippen molar-refractivity contribution in [2.24, 2.45) is 5.73 Å². The van der Waals surface area contributed by atoms with Crippen LogP contribution in [0.25, 0.3) is 10.2 Å². The Morgan fingerprint density at radius 2 is 2.00 bits per heavy atom. The van der Waals surface area contributed by atoms with Gasteiger partial charge in [0.25, 0.3) is 0 Å². The summed E-state index contributed by atoms with van der Waals surface area (Å²) in [5.74, 6) is 0.169. The van der Waals surface area contributed by atoms with Crippen molar-refractivity contribution in [1.82, 2.24) is 9.97 Å². The van der Waals surface area contributed by atoms with Crippen molar-refractivity contribution in [2.75, 3.05) is 5.32 Å². The number of hydrogen-bond donors (Lipinski definition) is 2. The molecule has 0 bridgehead atoms. The van der Waals surface area contributed by atoms with Crippen LogP contribution in [0.2, 0.25) is 0 Å². The first-order valence-electron chi connectivity index (χ1n) is 6.04. The number of anilines is 1. The van der Waals surface area contributed by atoms with E-state index in [-0.39, 0.29) is 0 Å². The fraction of sp³-hybridized carbons (Fsp3) is 0.0714. The standard InChI is InChI=1S/C14H12N4OS/c15-12(19)11(9-4-2-1-3-5-9)18-13-10-6-7-20-14(10)17-8-16-13/h1-8,11H,(H2,15,19)(H,16,17,18)/t11-/m1/s1. The Hall–Kier alpha value is -2.47. The molecule has 0 radical (unpaired) electrons. The van der Waals surface area contributed by atoms with Gasteiger partial charge in [-0.15, -0.1) is 11.3 Å². The number of nitrogens with one attached hydrogen (secondary N) is 1. The van der Waals surface area contributed by atoms with E-state index in [1.807, 2.05) is 41.8 Å². The van der Waals surface area contributed by atoms with Gasteiger partial charge in [-0.2, -0.15) is 0 Å². The molecule has 3 aromatic rings. The van der Waals surface area contributed by atoms with Crippen LogP contribution in [0.15, 0.2) is 48.1 Å². The second kappa shape index (κ2) is 5.26. The summed E-state index contributed by atoms with van der Waals surface area (Å²) in [4.78, 5) is 21.0. The number of benzene rings is 1. The molecule has 0 spiro atoms. The Kier molecular flexibility index (Phi) is 3.30. The Balaban J connectivity index is 1.99. The van der Waals surface area contributed by atoms with Crippen molar-refractivity contribution >= 4 is 33.3 Å². The molecule has 1 atom stereocenters. The average molecular weight is 284 g/mol. The van der Waals surface area contributed by atoms with E-state index in [1.165, 1.54) is 17.7 Å². The van der Waals surface area contributed by atoms with Crippen molar-refractivity contribution in [3.63, 3.8) is 0 Å². The summed E-state index contributed by atoms with van der Waals surface area (Å²) in [7, 11) is 0. The molecule has 0 unspecified atom stereocenters. The molecule has 100 valence electrons. The van der Waals surface area contributed by atoms with E-state index < -0.39 is 11.9 Å². The molecule has 0 saturated heterocycles. The van der Waals surface area contributed by atoms with E-state index in [2.05, 4.69) is 15.3 Å². The van der Waals surface area contributed by atoms with Gasteiger partial charge in [-0.1, -0.05) is 30.3 Å². The zero-order valence-corrected chi connectivity index (χ0v) is 11.3. The third-order valence-corrected chi connectivity index (χ3v) is 3.78. The number of carbonyl (C=O) groups excluding carboxylic acids is 1. The highest BCUT2D eigenvalue weighted by molar-refractivity contribution is 7.16. The Morgan fingerprint density at radius 3 is 2.75 bits per heavy atom. The predicted molar refractivity (Wildman–Crippen MR) is 79.4 cm³/mol. The molecule has 2 aromatic heterocycles. The lowest BCUT2D eigenvalue weighted by molar-refractivity contribution is -0.118. The van der Waals surface area contributed by atoms with Crippen LogP contribution in [0.4, 0.5) is 5.82 Å². The number of fused-ring (bicyclic) bond motifs is 1. The van der Waals surface area contributed by atoms with E-state index in [0.29, 0.717) is 5.82 Å². The summed E-state index contributed by atoms with van der Waals surface area (Å²) in [6.07, 6.45) is 1.48. The van der Waals surface area contributed by atoms with Crippen molar-refractivity contribution in [3.05, 3.63) is 53.7 Å². The molecule has 1 aromatic carbocycles. The van der Waals surface area contributed by atoms with Crippen LogP contribution in [0.3, 0.4) is 0 Å². The van der Waals surface area contributed by atoms with Crippen molar-refractivity contribution in [2.45, 2.75) is 6.04 Å². The summed E-state index contributed by atoms with van der Waals surface area (Å²) in [6, 6.07) is 10.6. The fourth-order valence-electron chi connectivity index (χ4n) is 2.01. The summed E-state index contributed by atoms with van der Waals surface area (Å²) in [5.41, 5.74) is 6.30. The molecule has 0 aliphatic heterocycles. The molecule has 3 N–H and O–H groups in total. The molecule has 3 rings (SSSR count). The van der Waals surface area contributed by atoms with Crippen LogP contribution in [-0.4, -0.2) is 15.9 Å². The maximum absolute atomic E-state index is 11.7. The monoisotopic (exact) mass is 284 g/mol. The number of primary amides is 1. The second-order valence-corrected chi connectivity index (χ2v) is 5.15. The molecule has 0 aliphatic rings. The number of nitrogens with two attached hydrogens (primary N) is 1. The molecular formula is C14H12N4OS. The fourth-order valence-corrected chi connectivity index (χ4v) is 2.74. The molecule has 1 amide bonds. The maximum atomic E-state index is 11.7. The molecule has 5 nitrogen and oxygen atoms in total. The number of aromatic nitrogens is 2. The van der Waals surface area contributed by atoms with Gasteiger partial charge in [0.05, 0.1) is 5.39 Å². The van der Waals surface area contributed by atoms with Gasteiger partial charge in [-0.05, 0) is 17.0 Å². The topological polar surface area (TPSA) is 80.9 Å². The molecule has 6 heteroatoms. The van der Waals surface area contributed by atoms with Gasteiger partial charge < -0.3 is 11.1 Å². The Labute approximate surface area is 119 Å². The first-order valence-corrected chi connectivity index (χ1v) is 6.92. The largest absolute Gasteiger partial charge is 0.368 e. The summed E-state index contributed by atoms with van der Waals surface area (Å²) < 4.78 is 0. The van der Waals surface area contributed by atoms with Gasteiger partial charge in [-0.3, -0.25) is 4.79 Å². The molecule has 0 fully saturated rings. The third kappa shape index (κ3) is 2.33.